The number of halogens is 3. The van der Waals surface area contributed by atoms with Crippen molar-refractivity contribution in [1.29, 1.82) is 0 Å². The summed E-state index contributed by atoms with van der Waals surface area (Å²) in [6, 6.07) is 4.61. The fourth-order valence-corrected chi connectivity index (χ4v) is 1.56. The molecule has 0 heterocycles. The summed E-state index contributed by atoms with van der Waals surface area (Å²) in [5.41, 5.74) is -1.13. The van der Waals surface area contributed by atoms with E-state index in [1.54, 1.807) is 0 Å². The van der Waals surface area contributed by atoms with Crippen molar-refractivity contribution in [3.8, 4) is 0 Å². The van der Waals surface area contributed by atoms with E-state index < -0.39 is 28.6 Å². The zero-order chi connectivity index (χ0) is 10.8. The molecule has 14 heavy (non-hydrogen) atoms. The molecule has 0 amide bonds. The minimum absolute atomic E-state index is 0.228. The van der Waals surface area contributed by atoms with Crippen LogP contribution in [0.25, 0.3) is 0 Å². The minimum atomic E-state index is -4.50. The molecule has 0 aliphatic carbocycles. The van der Waals surface area contributed by atoms with Gasteiger partial charge in [0.1, 0.15) is 0 Å². The standard InChI is InChI=1S/C8H7F3O2S/c9-8(10,11)7-4-2-1-3-6(7)5-14(12)13/h1-4H,5H2,(H,12,13)/p-1. The topological polar surface area (TPSA) is 40.1 Å². The van der Waals surface area contributed by atoms with Crippen molar-refractivity contribution in [1.82, 2.24) is 0 Å². The van der Waals surface area contributed by atoms with E-state index in [0.29, 0.717) is 0 Å². The quantitative estimate of drug-likeness (QED) is 0.720. The van der Waals surface area contributed by atoms with Gasteiger partial charge in [-0.25, -0.2) is 0 Å². The molecule has 1 atom stereocenters. The maximum Gasteiger partial charge on any atom is 0.416 e. The van der Waals surface area contributed by atoms with E-state index in [-0.39, 0.29) is 5.56 Å². The maximum atomic E-state index is 12.3. The molecule has 1 unspecified atom stereocenters. The highest BCUT2D eigenvalue weighted by molar-refractivity contribution is 7.78. The molecule has 0 aliphatic rings. The van der Waals surface area contributed by atoms with Crippen LogP contribution >= 0.6 is 0 Å². The van der Waals surface area contributed by atoms with Crippen LogP contribution in [0.5, 0.6) is 0 Å². The molecule has 2 nitrogen and oxygen atoms in total. The van der Waals surface area contributed by atoms with E-state index in [1.165, 1.54) is 12.1 Å². The number of benzene rings is 1. The van der Waals surface area contributed by atoms with Gasteiger partial charge in [-0.3, -0.25) is 4.21 Å². The van der Waals surface area contributed by atoms with Crippen LogP contribution in [0.4, 0.5) is 13.2 Å². The van der Waals surface area contributed by atoms with Gasteiger partial charge in [0.05, 0.1) is 5.56 Å². The smallest absolute Gasteiger partial charge is 0.416 e. The van der Waals surface area contributed by atoms with Crippen LogP contribution in [-0.2, 0) is 23.0 Å². The first-order valence-corrected chi connectivity index (χ1v) is 4.86. The third kappa shape index (κ3) is 2.81. The third-order valence-electron chi connectivity index (χ3n) is 1.60. The Morgan fingerprint density at radius 1 is 1.29 bits per heavy atom. The Kier molecular flexibility index (Phi) is 3.28. The van der Waals surface area contributed by atoms with Crippen molar-refractivity contribution in [3.05, 3.63) is 35.4 Å². The summed E-state index contributed by atoms with van der Waals surface area (Å²) in [5.74, 6) is -0.615. The SMILES string of the molecule is O=S([O-])Cc1ccccc1C(F)(F)F. The number of hydrogen-bond acceptors (Lipinski definition) is 2. The average molecular weight is 223 g/mol. The average Bonchev–Trinajstić information content (AvgIpc) is 2.01. The van der Waals surface area contributed by atoms with Crippen molar-refractivity contribution in [3.63, 3.8) is 0 Å². The highest BCUT2D eigenvalue weighted by Crippen LogP contribution is 2.32. The molecule has 78 valence electrons. The largest absolute Gasteiger partial charge is 0.772 e. The lowest BCUT2D eigenvalue weighted by Crippen LogP contribution is -2.10. The molecule has 6 heteroatoms. The second-order valence-corrected chi connectivity index (χ2v) is 3.50. The van der Waals surface area contributed by atoms with Gasteiger partial charge >= 0.3 is 6.18 Å². The number of alkyl halides is 3. The summed E-state index contributed by atoms with van der Waals surface area (Å²) in [7, 11) is 0. The van der Waals surface area contributed by atoms with Gasteiger partial charge in [-0.2, -0.15) is 13.2 Å². The van der Waals surface area contributed by atoms with Gasteiger partial charge in [0.2, 0.25) is 0 Å². The zero-order valence-electron chi connectivity index (χ0n) is 6.88. The van der Waals surface area contributed by atoms with Crippen LogP contribution in [0, 0.1) is 0 Å². The summed E-state index contributed by atoms with van der Waals surface area (Å²) >= 11 is -2.51. The molecule has 0 N–H and O–H groups in total. The molecule has 0 saturated carbocycles. The van der Waals surface area contributed by atoms with Crippen molar-refractivity contribution >= 4 is 11.1 Å². The first-order valence-electron chi connectivity index (χ1n) is 3.62. The molecular weight excluding hydrogens is 217 g/mol. The monoisotopic (exact) mass is 223 g/mol. The van der Waals surface area contributed by atoms with E-state index >= 15 is 0 Å². The van der Waals surface area contributed by atoms with Gasteiger partial charge in [0, 0.05) is 5.75 Å². The molecular formula is C8H6F3O2S-. The number of hydrogen-bond donors (Lipinski definition) is 0. The Balaban J connectivity index is 3.10. The summed E-state index contributed by atoms with van der Waals surface area (Å²) < 4.78 is 57.5. The first kappa shape index (κ1) is 11.2. The lowest BCUT2D eigenvalue weighted by Gasteiger charge is -2.13. The summed E-state index contributed by atoms with van der Waals surface area (Å²) in [4.78, 5) is 0. The van der Waals surface area contributed by atoms with Gasteiger partial charge in [-0.15, -0.1) is 0 Å². The predicted molar refractivity (Wildman–Crippen MR) is 44.1 cm³/mol. The fraction of sp³-hybridized carbons (Fsp3) is 0.250. The van der Waals surface area contributed by atoms with Gasteiger partial charge in [-0.05, 0) is 11.6 Å². The van der Waals surface area contributed by atoms with Crippen LogP contribution in [-0.4, -0.2) is 8.76 Å². The van der Waals surface area contributed by atoms with E-state index in [0.717, 1.165) is 12.1 Å². The molecule has 0 radical (unpaired) electrons. The Hall–Kier alpha value is -0.880. The summed E-state index contributed by atoms with van der Waals surface area (Å²) in [5, 5.41) is 0. The van der Waals surface area contributed by atoms with Gasteiger partial charge in [-0.1, -0.05) is 29.3 Å². The minimum Gasteiger partial charge on any atom is -0.772 e. The fourth-order valence-electron chi connectivity index (χ4n) is 1.05. The number of rotatable bonds is 2. The lowest BCUT2D eigenvalue weighted by molar-refractivity contribution is -0.138. The lowest BCUT2D eigenvalue weighted by atomic mass is 10.1. The van der Waals surface area contributed by atoms with Crippen LogP contribution < -0.4 is 0 Å². The molecule has 0 bridgehead atoms. The van der Waals surface area contributed by atoms with E-state index in [1.807, 2.05) is 0 Å². The Bertz CT molecular complexity index is 349. The molecule has 1 aromatic carbocycles. The van der Waals surface area contributed by atoms with Crippen LogP contribution in [0.3, 0.4) is 0 Å². The summed E-state index contributed by atoms with van der Waals surface area (Å²) in [6.45, 7) is 0. The third-order valence-corrected chi connectivity index (χ3v) is 2.14. The molecule has 0 aliphatic heterocycles. The molecule has 0 spiro atoms. The van der Waals surface area contributed by atoms with E-state index in [4.69, 9.17) is 0 Å². The molecule has 1 aromatic rings. The summed E-state index contributed by atoms with van der Waals surface area (Å²) in [6.07, 6.45) is -4.50. The Labute approximate surface area is 81.0 Å². The van der Waals surface area contributed by atoms with Crippen molar-refractivity contribution in [2.24, 2.45) is 0 Å². The highest BCUT2D eigenvalue weighted by atomic mass is 32.2. The molecule has 0 fully saturated rings. The van der Waals surface area contributed by atoms with Crippen molar-refractivity contribution < 1.29 is 21.9 Å². The van der Waals surface area contributed by atoms with Gasteiger partial charge in [0.15, 0.2) is 0 Å². The second-order valence-electron chi connectivity index (χ2n) is 2.60. The van der Waals surface area contributed by atoms with Gasteiger partial charge < -0.3 is 4.55 Å². The molecule has 1 rings (SSSR count). The van der Waals surface area contributed by atoms with Crippen LogP contribution in [0.2, 0.25) is 0 Å². The van der Waals surface area contributed by atoms with E-state index in [9.17, 15) is 21.9 Å². The Morgan fingerprint density at radius 3 is 2.36 bits per heavy atom. The molecule has 0 aromatic heterocycles. The van der Waals surface area contributed by atoms with Crippen LogP contribution in [0.1, 0.15) is 11.1 Å². The van der Waals surface area contributed by atoms with Gasteiger partial charge in [0.25, 0.3) is 0 Å². The van der Waals surface area contributed by atoms with Crippen molar-refractivity contribution in [2.45, 2.75) is 11.9 Å². The van der Waals surface area contributed by atoms with Crippen molar-refractivity contribution in [2.75, 3.05) is 0 Å². The van der Waals surface area contributed by atoms with Crippen LogP contribution in [0.15, 0.2) is 24.3 Å². The predicted octanol–water partition coefficient (Wildman–Crippen LogP) is 2.08. The normalized spacial score (nSPS) is 14.0. The second kappa shape index (κ2) is 4.10. The first-order chi connectivity index (χ1) is 6.41. The zero-order valence-corrected chi connectivity index (χ0v) is 7.69. The molecule has 0 saturated heterocycles. The maximum absolute atomic E-state index is 12.3. The Morgan fingerprint density at radius 2 is 1.86 bits per heavy atom. The van der Waals surface area contributed by atoms with E-state index in [2.05, 4.69) is 0 Å². The highest BCUT2D eigenvalue weighted by Gasteiger charge is 2.32.